The van der Waals surface area contributed by atoms with Gasteiger partial charge in [0.15, 0.2) is 0 Å². The summed E-state index contributed by atoms with van der Waals surface area (Å²) in [6, 6.07) is 0. The zero-order valence-electron chi connectivity index (χ0n) is 6.51. The SMILES string of the molecule is C[C@@H]1C=CC(C2CC2)=CC1. The van der Waals surface area contributed by atoms with Crippen LogP contribution in [0.1, 0.15) is 26.2 Å². The fourth-order valence-corrected chi connectivity index (χ4v) is 1.46. The standard InChI is InChI=1S/C10H14/c1-8-2-4-9(5-3-8)10-6-7-10/h2,4-5,8,10H,3,6-7H2,1H3/t8-/m1/s1. The van der Waals surface area contributed by atoms with Crippen LogP contribution in [-0.2, 0) is 0 Å². The maximum absolute atomic E-state index is 2.42. The van der Waals surface area contributed by atoms with Gasteiger partial charge in [-0.25, -0.2) is 0 Å². The third kappa shape index (κ3) is 1.16. The van der Waals surface area contributed by atoms with E-state index in [1.54, 1.807) is 5.57 Å². The summed E-state index contributed by atoms with van der Waals surface area (Å²) in [6.45, 7) is 2.27. The van der Waals surface area contributed by atoms with Crippen LogP contribution in [0.3, 0.4) is 0 Å². The van der Waals surface area contributed by atoms with Crippen LogP contribution in [-0.4, -0.2) is 0 Å². The molecule has 0 heterocycles. The van der Waals surface area contributed by atoms with Crippen molar-refractivity contribution in [3.63, 3.8) is 0 Å². The minimum atomic E-state index is 0.780. The van der Waals surface area contributed by atoms with Crippen molar-refractivity contribution in [2.75, 3.05) is 0 Å². The van der Waals surface area contributed by atoms with Gasteiger partial charge in [-0.15, -0.1) is 0 Å². The Bertz CT molecular complexity index is 182. The molecule has 1 saturated carbocycles. The van der Waals surface area contributed by atoms with E-state index in [9.17, 15) is 0 Å². The van der Waals surface area contributed by atoms with E-state index in [0.717, 1.165) is 11.8 Å². The number of allylic oxidation sites excluding steroid dienone is 4. The van der Waals surface area contributed by atoms with Crippen LogP contribution in [0.25, 0.3) is 0 Å². The molecule has 2 aliphatic carbocycles. The first-order valence-electron chi connectivity index (χ1n) is 4.24. The Morgan fingerprint density at radius 2 is 2.20 bits per heavy atom. The van der Waals surface area contributed by atoms with Crippen LogP contribution >= 0.6 is 0 Å². The van der Waals surface area contributed by atoms with E-state index >= 15 is 0 Å². The van der Waals surface area contributed by atoms with E-state index in [-0.39, 0.29) is 0 Å². The monoisotopic (exact) mass is 134 g/mol. The Labute approximate surface area is 62.6 Å². The quantitative estimate of drug-likeness (QED) is 0.517. The molecule has 0 bridgehead atoms. The first-order chi connectivity index (χ1) is 4.86. The molecule has 0 aromatic heterocycles. The van der Waals surface area contributed by atoms with Crippen molar-refractivity contribution >= 4 is 0 Å². The van der Waals surface area contributed by atoms with Crippen LogP contribution < -0.4 is 0 Å². The van der Waals surface area contributed by atoms with Gasteiger partial charge in [-0.1, -0.05) is 25.2 Å². The Morgan fingerprint density at radius 1 is 1.40 bits per heavy atom. The lowest BCUT2D eigenvalue weighted by Crippen LogP contribution is -1.94. The van der Waals surface area contributed by atoms with Crippen molar-refractivity contribution in [1.82, 2.24) is 0 Å². The molecule has 0 aliphatic heterocycles. The summed E-state index contributed by atoms with van der Waals surface area (Å²) in [5, 5.41) is 0. The average molecular weight is 134 g/mol. The third-order valence-electron chi connectivity index (χ3n) is 2.39. The fraction of sp³-hybridized carbons (Fsp3) is 0.600. The molecule has 1 atom stereocenters. The van der Waals surface area contributed by atoms with Gasteiger partial charge in [-0.3, -0.25) is 0 Å². The number of hydrogen-bond acceptors (Lipinski definition) is 0. The predicted molar refractivity (Wildman–Crippen MR) is 43.7 cm³/mol. The summed E-state index contributed by atoms with van der Waals surface area (Å²) >= 11 is 0. The highest BCUT2D eigenvalue weighted by atomic mass is 14.3. The van der Waals surface area contributed by atoms with Crippen LogP contribution in [0, 0.1) is 11.8 Å². The molecule has 0 aromatic carbocycles. The van der Waals surface area contributed by atoms with E-state index in [2.05, 4.69) is 25.2 Å². The first kappa shape index (κ1) is 6.21. The summed E-state index contributed by atoms with van der Waals surface area (Å²) < 4.78 is 0. The normalized spacial score (nSPS) is 32.1. The molecule has 0 aromatic rings. The van der Waals surface area contributed by atoms with Gasteiger partial charge in [0.2, 0.25) is 0 Å². The van der Waals surface area contributed by atoms with Gasteiger partial charge < -0.3 is 0 Å². The third-order valence-corrected chi connectivity index (χ3v) is 2.39. The van der Waals surface area contributed by atoms with Gasteiger partial charge >= 0.3 is 0 Å². The molecule has 2 aliphatic rings. The number of rotatable bonds is 1. The molecule has 0 heteroatoms. The van der Waals surface area contributed by atoms with Gasteiger partial charge in [-0.05, 0) is 36.7 Å². The zero-order valence-corrected chi connectivity index (χ0v) is 6.51. The van der Waals surface area contributed by atoms with Gasteiger partial charge in [0, 0.05) is 0 Å². The van der Waals surface area contributed by atoms with E-state index in [4.69, 9.17) is 0 Å². The molecule has 0 nitrogen and oxygen atoms in total. The summed E-state index contributed by atoms with van der Waals surface area (Å²) in [5.74, 6) is 1.73. The van der Waals surface area contributed by atoms with Crippen LogP contribution in [0.15, 0.2) is 23.8 Å². The molecule has 0 unspecified atom stereocenters. The van der Waals surface area contributed by atoms with Gasteiger partial charge in [0.25, 0.3) is 0 Å². The first-order valence-corrected chi connectivity index (χ1v) is 4.24. The summed E-state index contributed by atoms with van der Waals surface area (Å²) in [5.41, 5.74) is 1.61. The second-order valence-corrected chi connectivity index (χ2v) is 3.55. The van der Waals surface area contributed by atoms with E-state index in [1.807, 2.05) is 0 Å². The largest absolute Gasteiger partial charge is 0.0811 e. The Balaban J connectivity index is 2.04. The summed E-state index contributed by atoms with van der Waals surface area (Å²) in [4.78, 5) is 0. The highest BCUT2D eigenvalue weighted by Crippen LogP contribution is 2.38. The van der Waals surface area contributed by atoms with Crippen LogP contribution in [0.2, 0.25) is 0 Å². The van der Waals surface area contributed by atoms with Crippen molar-refractivity contribution < 1.29 is 0 Å². The topological polar surface area (TPSA) is 0 Å². The molecule has 0 N–H and O–H groups in total. The molecule has 0 radical (unpaired) electrons. The minimum Gasteiger partial charge on any atom is -0.0811 e. The predicted octanol–water partition coefficient (Wildman–Crippen LogP) is 2.92. The lowest BCUT2D eigenvalue weighted by Gasteiger charge is -2.10. The molecule has 2 rings (SSSR count). The molecular weight excluding hydrogens is 120 g/mol. The smallest absolute Gasteiger partial charge is 0.0165 e. The highest BCUT2D eigenvalue weighted by molar-refractivity contribution is 5.28. The maximum atomic E-state index is 2.42. The molecule has 0 amide bonds. The van der Waals surface area contributed by atoms with Crippen molar-refractivity contribution in [2.45, 2.75) is 26.2 Å². The maximum Gasteiger partial charge on any atom is -0.0165 e. The van der Waals surface area contributed by atoms with Crippen LogP contribution in [0.4, 0.5) is 0 Å². The molecular formula is C10H14. The Kier molecular flexibility index (Phi) is 1.40. The van der Waals surface area contributed by atoms with Gasteiger partial charge in [-0.2, -0.15) is 0 Å². The Hall–Kier alpha value is -0.520. The fourth-order valence-electron chi connectivity index (χ4n) is 1.46. The molecule has 10 heavy (non-hydrogen) atoms. The summed E-state index contributed by atoms with van der Waals surface area (Å²) in [6.07, 6.45) is 11.2. The minimum absolute atomic E-state index is 0.780. The van der Waals surface area contributed by atoms with Crippen LogP contribution in [0.5, 0.6) is 0 Å². The van der Waals surface area contributed by atoms with Gasteiger partial charge in [0.05, 0.1) is 0 Å². The van der Waals surface area contributed by atoms with E-state index < -0.39 is 0 Å². The number of hydrogen-bond donors (Lipinski definition) is 0. The van der Waals surface area contributed by atoms with E-state index in [1.165, 1.54) is 19.3 Å². The lowest BCUT2D eigenvalue weighted by atomic mass is 9.96. The summed E-state index contributed by atoms with van der Waals surface area (Å²) in [7, 11) is 0. The Morgan fingerprint density at radius 3 is 2.70 bits per heavy atom. The second-order valence-electron chi connectivity index (χ2n) is 3.55. The van der Waals surface area contributed by atoms with Crippen molar-refractivity contribution in [2.24, 2.45) is 11.8 Å². The molecule has 1 fully saturated rings. The van der Waals surface area contributed by atoms with Gasteiger partial charge in [0.1, 0.15) is 0 Å². The molecule has 0 spiro atoms. The average Bonchev–Trinajstić information content (AvgIpc) is 2.71. The molecule has 54 valence electrons. The second kappa shape index (κ2) is 2.26. The lowest BCUT2D eigenvalue weighted by molar-refractivity contribution is 0.723. The highest BCUT2D eigenvalue weighted by Gasteiger charge is 2.24. The zero-order chi connectivity index (χ0) is 6.97. The van der Waals surface area contributed by atoms with Crippen molar-refractivity contribution in [1.29, 1.82) is 0 Å². The molecule has 0 saturated heterocycles. The van der Waals surface area contributed by atoms with E-state index in [0.29, 0.717) is 0 Å². The van der Waals surface area contributed by atoms with Crippen molar-refractivity contribution in [3.05, 3.63) is 23.8 Å². The van der Waals surface area contributed by atoms with Crippen molar-refractivity contribution in [3.8, 4) is 0 Å².